The van der Waals surface area contributed by atoms with Crippen molar-refractivity contribution in [2.45, 2.75) is 25.7 Å². The third kappa shape index (κ3) is 2.07. The summed E-state index contributed by atoms with van der Waals surface area (Å²) in [6.45, 7) is 0. The molecule has 1 atom stereocenters. The zero-order valence-corrected chi connectivity index (χ0v) is 9.04. The van der Waals surface area contributed by atoms with E-state index in [1.807, 2.05) is 17.5 Å². The van der Waals surface area contributed by atoms with Crippen molar-refractivity contribution >= 4 is 17.5 Å². The molecule has 0 fully saturated rings. The minimum Gasteiger partial charge on any atom is -0.481 e. The van der Waals surface area contributed by atoms with Crippen molar-refractivity contribution in [3.8, 4) is 0 Å². The fourth-order valence-electron chi connectivity index (χ4n) is 1.93. The van der Waals surface area contributed by atoms with Gasteiger partial charge >= 0.3 is 5.97 Å². The van der Waals surface area contributed by atoms with Crippen molar-refractivity contribution < 1.29 is 9.90 Å². The molecule has 15 heavy (non-hydrogen) atoms. The van der Waals surface area contributed by atoms with Crippen molar-refractivity contribution in [1.82, 2.24) is 9.59 Å². The van der Waals surface area contributed by atoms with Gasteiger partial charge < -0.3 is 5.11 Å². The Balaban J connectivity index is 2.20. The van der Waals surface area contributed by atoms with E-state index >= 15 is 0 Å². The first kappa shape index (κ1) is 10.3. The summed E-state index contributed by atoms with van der Waals surface area (Å²) in [5.74, 6) is -0.722. The molecule has 0 aliphatic heterocycles. The van der Waals surface area contributed by atoms with Crippen molar-refractivity contribution in [3.05, 3.63) is 23.2 Å². The lowest BCUT2D eigenvalue weighted by Crippen LogP contribution is -2.34. The number of allylic oxidation sites excluding steroid dienone is 2. The molecule has 0 bridgehead atoms. The van der Waals surface area contributed by atoms with Gasteiger partial charge in [0, 0.05) is 11.8 Å². The first-order chi connectivity index (χ1) is 7.23. The van der Waals surface area contributed by atoms with Crippen LogP contribution >= 0.6 is 11.5 Å². The molecule has 0 amide bonds. The molecule has 4 nitrogen and oxygen atoms in total. The Bertz CT molecular complexity index is 375. The summed E-state index contributed by atoms with van der Waals surface area (Å²) in [5.41, 5.74) is 0.127. The second-order valence-electron chi connectivity index (χ2n) is 3.87. The van der Waals surface area contributed by atoms with Crippen LogP contribution in [0.2, 0.25) is 0 Å². The SMILES string of the molecule is O=C(O)C1(Cc2csnn2)CC=CCC1. The van der Waals surface area contributed by atoms with Crippen molar-refractivity contribution in [2.75, 3.05) is 0 Å². The molecule has 0 saturated carbocycles. The van der Waals surface area contributed by atoms with Crippen LogP contribution < -0.4 is 0 Å². The number of hydrogen-bond donors (Lipinski definition) is 1. The minimum atomic E-state index is -0.722. The third-order valence-electron chi connectivity index (χ3n) is 2.84. The van der Waals surface area contributed by atoms with Gasteiger partial charge in [0.15, 0.2) is 0 Å². The predicted molar refractivity (Wildman–Crippen MR) is 56.7 cm³/mol. The Morgan fingerprint density at radius 3 is 3.00 bits per heavy atom. The summed E-state index contributed by atoms with van der Waals surface area (Å²) in [5, 5.41) is 15.1. The molecular weight excluding hydrogens is 212 g/mol. The average Bonchev–Trinajstić information content (AvgIpc) is 2.71. The number of aromatic nitrogens is 2. The van der Waals surface area contributed by atoms with Crippen LogP contribution in [0.4, 0.5) is 0 Å². The van der Waals surface area contributed by atoms with E-state index in [2.05, 4.69) is 9.59 Å². The van der Waals surface area contributed by atoms with Crippen LogP contribution in [0, 0.1) is 5.41 Å². The van der Waals surface area contributed by atoms with E-state index in [9.17, 15) is 9.90 Å². The fraction of sp³-hybridized carbons (Fsp3) is 0.500. The normalized spacial score (nSPS) is 25.3. The highest BCUT2D eigenvalue weighted by molar-refractivity contribution is 7.03. The molecule has 2 rings (SSSR count). The molecule has 1 aliphatic carbocycles. The largest absolute Gasteiger partial charge is 0.481 e. The number of hydrogen-bond acceptors (Lipinski definition) is 4. The maximum absolute atomic E-state index is 11.3. The highest BCUT2D eigenvalue weighted by Crippen LogP contribution is 2.36. The average molecular weight is 224 g/mol. The maximum Gasteiger partial charge on any atom is 0.310 e. The summed E-state index contributed by atoms with van der Waals surface area (Å²) in [7, 11) is 0. The van der Waals surface area contributed by atoms with Gasteiger partial charge in [-0.25, -0.2) is 0 Å². The van der Waals surface area contributed by atoms with E-state index in [1.165, 1.54) is 11.5 Å². The second-order valence-corrected chi connectivity index (χ2v) is 4.48. The van der Waals surface area contributed by atoms with Crippen LogP contribution in [0.5, 0.6) is 0 Å². The summed E-state index contributed by atoms with van der Waals surface area (Å²) >= 11 is 1.27. The Kier molecular flexibility index (Phi) is 2.81. The van der Waals surface area contributed by atoms with Crippen LogP contribution in [0.25, 0.3) is 0 Å². The number of aliphatic carboxylic acids is 1. The van der Waals surface area contributed by atoms with Gasteiger partial charge in [0.1, 0.15) is 0 Å². The van der Waals surface area contributed by atoms with Crippen LogP contribution in [-0.4, -0.2) is 20.7 Å². The molecule has 1 N–H and O–H groups in total. The molecule has 1 aliphatic rings. The monoisotopic (exact) mass is 224 g/mol. The molecule has 80 valence electrons. The number of nitrogens with zero attached hydrogens (tertiary/aromatic N) is 2. The number of carboxylic acid groups (broad SMARTS) is 1. The van der Waals surface area contributed by atoms with Gasteiger partial charge in [-0.15, -0.1) is 5.10 Å². The number of rotatable bonds is 3. The Labute approximate surface area is 91.8 Å². The van der Waals surface area contributed by atoms with E-state index in [4.69, 9.17) is 0 Å². The van der Waals surface area contributed by atoms with E-state index < -0.39 is 11.4 Å². The zero-order valence-electron chi connectivity index (χ0n) is 8.22. The molecule has 1 unspecified atom stereocenters. The Morgan fingerprint density at radius 1 is 1.60 bits per heavy atom. The van der Waals surface area contributed by atoms with Crippen LogP contribution in [0.15, 0.2) is 17.5 Å². The lowest BCUT2D eigenvalue weighted by molar-refractivity contribution is -0.149. The Hall–Kier alpha value is -1.23. The van der Waals surface area contributed by atoms with Crippen LogP contribution in [-0.2, 0) is 11.2 Å². The van der Waals surface area contributed by atoms with E-state index in [0.717, 1.165) is 12.1 Å². The molecular formula is C10H12N2O2S. The summed E-state index contributed by atoms with van der Waals surface area (Å²) in [6, 6.07) is 0. The summed E-state index contributed by atoms with van der Waals surface area (Å²) in [4.78, 5) is 11.3. The topological polar surface area (TPSA) is 63.1 Å². The van der Waals surface area contributed by atoms with E-state index in [-0.39, 0.29) is 0 Å². The van der Waals surface area contributed by atoms with Gasteiger partial charge in [-0.05, 0) is 30.8 Å². The summed E-state index contributed by atoms with van der Waals surface area (Å²) in [6.07, 6.45) is 6.61. The van der Waals surface area contributed by atoms with Gasteiger partial charge in [0.25, 0.3) is 0 Å². The zero-order chi connectivity index (χ0) is 10.7. The van der Waals surface area contributed by atoms with E-state index in [0.29, 0.717) is 19.3 Å². The minimum absolute atomic E-state index is 0.489. The lowest BCUT2D eigenvalue weighted by atomic mass is 9.74. The fourth-order valence-corrected chi connectivity index (χ4v) is 2.38. The van der Waals surface area contributed by atoms with Gasteiger partial charge in [0.05, 0.1) is 11.1 Å². The Morgan fingerprint density at radius 2 is 2.47 bits per heavy atom. The third-order valence-corrected chi connectivity index (χ3v) is 3.40. The summed E-state index contributed by atoms with van der Waals surface area (Å²) < 4.78 is 3.76. The van der Waals surface area contributed by atoms with Gasteiger partial charge in [-0.3, -0.25) is 4.79 Å². The van der Waals surface area contributed by atoms with Gasteiger partial charge in [-0.1, -0.05) is 16.6 Å². The molecule has 1 aromatic heterocycles. The van der Waals surface area contributed by atoms with Crippen molar-refractivity contribution in [2.24, 2.45) is 5.41 Å². The number of carbonyl (C=O) groups is 1. The van der Waals surface area contributed by atoms with Crippen LogP contribution in [0.1, 0.15) is 25.0 Å². The molecule has 0 spiro atoms. The van der Waals surface area contributed by atoms with E-state index in [1.54, 1.807) is 0 Å². The molecule has 0 radical (unpaired) electrons. The maximum atomic E-state index is 11.3. The van der Waals surface area contributed by atoms with Crippen LogP contribution in [0.3, 0.4) is 0 Å². The van der Waals surface area contributed by atoms with Crippen molar-refractivity contribution in [1.29, 1.82) is 0 Å². The highest BCUT2D eigenvalue weighted by Gasteiger charge is 2.38. The molecule has 0 aromatic carbocycles. The second kappa shape index (κ2) is 4.10. The predicted octanol–water partition coefficient (Wildman–Crippen LogP) is 1.89. The first-order valence-electron chi connectivity index (χ1n) is 4.87. The molecule has 1 aromatic rings. The lowest BCUT2D eigenvalue weighted by Gasteiger charge is -2.29. The number of carboxylic acids is 1. The van der Waals surface area contributed by atoms with Gasteiger partial charge in [-0.2, -0.15) is 0 Å². The molecule has 0 saturated heterocycles. The molecule has 1 heterocycles. The smallest absolute Gasteiger partial charge is 0.310 e. The van der Waals surface area contributed by atoms with Crippen molar-refractivity contribution in [3.63, 3.8) is 0 Å². The molecule has 5 heteroatoms. The quantitative estimate of drug-likeness (QED) is 0.796. The van der Waals surface area contributed by atoms with Gasteiger partial charge in [0.2, 0.25) is 0 Å². The highest BCUT2D eigenvalue weighted by atomic mass is 32.1. The standard InChI is InChI=1S/C10H12N2O2S/c13-9(14)10(4-2-1-3-5-10)6-8-7-15-12-11-8/h1-2,7H,3-6H2,(H,13,14). The first-order valence-corrected chi connectivity index (χ1v) is 5.71.